The molecule has 0 aromatic heterocycles. The van der Waals surface area contributed by atoms with Gasteiger partial charge in [-0.15, -0.1) is 0 Å². The van der Waals surface area contributed by atoms with Crippen molar-refractivity contribution < 1.29 is 38.8 Å². The van der Waals surface area contributed by atoms with E-state index in [0.29, 0.717) is 29.7 Å². The van der Waals surface area contributed by atoms with E-state index >= 15 is 0 Å². The van der Waals surface area contributed by atoms with Crippen LogP contribution in [0.4, 0.5) is 5.69 Å². The first-order valence-electron chi connectivity index (χ1n) is 12.9. The lowest BCUT2D eigenvalue weighted by Crippen LogP contribution is -2.57. The molecule has 4 aliphatic rings. The summed E-state index contributed by atoms with van der Waals surface area (Å²) < 4.78 is 17.3. The number of aliphatic hydroxyl groups excluding tert-OH is 2. The van der Waals surface area contributed by atoms with Gasteiger partial charge in [-0.1, -0.05) is 25.1 Å². The highest BCUT2D eigenvalue weighted by molar-refractivity contribution is 6.14. The Kier molecular flexibility index (Phi) is 6.57. The summed E-state index contributed by atoms with van der Waals surface area (Å²) in [6, 6.07) is 9.14. The van der Waals surface area contributed by atoms with Gasteiger partial charge in [-0.25, -0.2) is 4.79 Å². The highest BCUT2D eigenvalue weighted by Gasteiger charge is 2.64. The third-order valence-corrected chi connectivity index (χ3v) is 8.63. The molecular formula is C29H33NO8. The molecule has 0 amide bonds. The Balaban J connectivity index is 1.73. The number of ether oxygens (including phenoxy) is 3. The average molecular weight is 524 g/mol. The summed E-state index contributed by atoms with van der Waals surface area (Å²) in [5.41, 5.74) is -0.445. The molecule has 0 spiro atoms. The van der Waals surface area contributed by atoms with Gasteiger partial charge in [-0.2, -0.15) is 0 Å². The zero-order chi connectivity index (χ0) is 27.4. The molecule has 9 nitrogen and oxygen atoms in total. The monoisotopic (exact) mass is 523 g/mol. The molecule has 202 valence electrons. The second-order valence-corrected chi connectivity index (χ2v) is 10.9. The van der Waals surface area contributed by atoms with Crippen molar-refractivity contribution in [2.75, 3.05) is 19.0 Å². The van der Waals surface area contributed by atoms with Crippen molar-refractivity contribution in [3.63, 3.8) is 0 Å². The van der Waals surface area contributed by atoms with Crippen molar-refractivity contribution in [3.8, 4) is 0 Å². The number of aliphatic hydroxyl groups is 2. The number of Topliss-reactive ketones (excluding diaryl/α,β-unsaturated/α-hetero) is 2. The normalized spacial score (nSPS) is 34.6. The van der Waals surface area contributed by atoms with Crippen molar-refractivity contribution in [1.29, 1.82) is 0 Å². The molecule has 5 rings (SSSR count). The van der Waals surface area contributed by atoms with Crippen LogP contribution in [0, 0.1) is 16.7 Å². The smallest absolute Gasteiger partial charge is 0.340 e. The highest BCUT2D eigenvalue weighted by Crippen LogP contribution is 2.62. The molecule has 38 heavy (non-hydrogen) atoms. The molecule has 3 N–H and O–H groups in total. The molecule has 6 atom stereocenters. The maximum Gasteiger partial charge on any atom is 0.340 e. The zero-order valence-electron chi connectivity index (χ0n) is 21.9. The SMILES string of the molecule is COC[C@H]1OC(=O)/C(=C/Nc2ccccc2)C2=C(O)C(=O)C3=C(C(OC(C)O)C[C@]4(C)C(=O)CC[C@@H]34)[C@]21C. The topological polar surface area (TPSA) is 131 Å². The van der Waals surface area contributed by atoms with Crippen LogP contribution in [0.25, 0.3) is 0 Å². The van der Waals surface area contributed by atoms with Gasteiger partial charge in [0.1, 0.15) is 11.9 Å². The fraction of sp³-hybridized carbons (Fsp3) is 0.483. The summed E-state index contributed by atoms with van der Waals surface area (Å²) in [5, 5.41) is 24.8. The lowest BCUT2D eigenvalue weighted by Gasteiger charge is -2.53. The van der Waals surface area contributed by atoms with E-state index in [1.165, 1.54) is 20.2 Å². The number of para-hydroxylation sites is 1. The standard InChI is InChI=1S/C29H33NO8/c1-15(31)37-19-12-28(2)18(10-11-20(28)32)22-24(19)29(3)21(14-36-4)38-27(35)17(23(29)26(34)25(22)33)13-30-16-8-6-5-7-9-16/h5-9,13,15,18-19,21,30-31,34H,10-12,14H2,1-4H3/b17-13+/t15?,18-,19?,21+,28-,29-/m0/s1. The van der Waals surface area contributed by atoms with Crippen molar-refractivity contribution in [2.24, 2.45) is 16.7 Å². The Bertz CT molecular complexity index is 1280. The zero-order valence-corrected chi connectivity index (χ0v) is 21.9. The van der Waals surface area contributed by atoms with E-state index in [-0.39, 0.29) is 30.0 Å². The number of nitrogens with one attached hydrogen (secondary N) is 1. The van der Waals surface area contributed by atoms with E-state index in [9.17, 15) is 24.6 Å². The number of rotatable bonds is 6. The van der Waals surface area contributed by atoms with Crippen LogP contribution in [0.15, 0.2) is 64.6 Å². The number of benzene rings is 1. The molecule has 0 bridgehead atoms. The van der Waals surface area contributed by atoms with Crippen LogP contribution in [0.3, 0.4) is 0 Å². The maximum absolute atomic E-state index is 13.9. The number of carbonyl (C=O) groups is 3. The second-order valence-electron chi connectivity index (χ2n) is 10.9. The van der Waals surface area contributed by atoms with Crippen molar-refractivity contribution in [2.45, 2.75) is 58.5 Å². The van der Waals surface area contributed by atoms with Gasteiger partial charge in [0.2, 0.25) is 5.78 Å². The second kappa shape index (κ2) is 9.48. The molecule has 9 heteroatoms. The summed E-state index contributed by atoms with van der Waals surface area (Å²) >= 11 is 0. The predicted molar refractivity (Wildman–Crippen MR) is 137 cm³/mol. The number of allylic oxidation sites excluding steroid dienone is 1. The number of anilines is 1. The first-order valence-corrected chi connectivity index (χ1v) is 12.9. The number of fused-ring (bicyclic) bond motifs is 4. The van der Waals surface area contributed by atoms with Gasteiger partial charge in [0.15, 0.2) is 12.0 Å². The van der Waals surface area contributed by atoms with Crippen LogP contribution in [0.1, 0.15) is 40.0 Å². The maximum atomic E-state index is 13.9. The average Bonchev–Trinajstić information content (AvgIpc) is 3.16. The molecule has 2 unspecified atom stereocenters. The van der Waals surface area contributed by atoms with Crippen molar-refractivity contribution in [3.05, 3.63) is 64.6 Å². The van der Waals surface area contributed by atoms with E-state index in [4.69, 9.17) is 14.2 Å². The van der Waals surface area contributed by atoms with Crippen LogP contribution in [0.5, 0.6) is 0 Å². The lowest BCUT2D eigenvalue weighted by atomic mass is 9.53. The van der Waals surface area contributed by atoms with E-state index in [1.807, 2.05) is 37.3 Å². The molecule has 0 radical (unpaired) electrons. The highest BCUT2D eigenvalue weighted by atomic mass is 16.6. The number of cyclic esters (lactones) is 1. The largest absolute Gasteiger partial charge is 0.504 e. The number of hydrogen-bond donors (Lipinski definition) is 3. The number of methoxy groups -OCH3 is 1. The molecule has 3 aliphatic carbocycles. The summed E-state index contributed by atoms with van der Waals surface area (Å²) in [6.07, 6.45) is -0.452. The van der Waals surface area contributed by atoms with E-state index in [2.05, 4.69) is 5.32 Å². The Labute approximate surface area is 221 Å². The molecule has 1 aromatic rings. The Hall–Kier alpha value is -3.27. The Morgan fingerprint density at radius 1 is 1.21 bits per heavy atom. The van der Waals surface area contributed by atoms with Crippen LogP contribution in [0.2, 0.25) is 0 Å². The number of esters is 1. The van der Waals surface area contributed by atoms with E-state index < -0.39 is 52.8 Å². The Morgan fingerprint density at radius 3 is 2.58 bits per heavy atom. The predicted octanol–water partition coefficient (Wildman–Crippen LogP) is 3.36. The summed E-state index contributed by atoms with van der Waals surface area (Å²) in [6.45, 7) is 5.08. The fourth-order valence-electron chi connectivity index (χ4n) is 6.84. The van der Waals surface area contributed by atoms with E-state index in [1.54, 1.807) is 6.92 Å². The summed E-state index contributed by atoms with van der Waals surface area (Å²) in [7, 11) is 1.48. The fourth-order valence-corrected chi connectivity index (χ4v) is 6.84. The third-order valence-electron chi connectivity index (χ3n) is 8.63. The van der Waals surface area contributed by atoms with Gasteiger partial charge in [0.05, 0.1) is 23.7 Å². The third kappa shape index (κ3) is 3.83. The molecule has 1 saturated carbocycles. The quantitative estimate of drug-likeness (QED) is 0.292. The minimum absolute atomic E-state index is 0.00716. The van der Waals surface area contributed by atoms with Gasteiger partial charge in [-0.05, 0) is 44.4 Å². The lowest BCUT2D eigenvalue weighted by molar-refractivity contribution is -0.163. The van der Waals surface area contributed by atoms with Gasteiger partial charge < -0.3 is 29.7 Å². The number of hydrogen-bond acceptors (Lipinski definition) is 9. The molecular weight excluding hydrogens is 490 g/mol. The van der Waals surface area contributed by atoms with Crippen LogP contribution < -0.4 is 5.32 Å². The van der Waals surface area contributed by atoms with Gasteiger partial charge >= 0.3 is 5.97 Å². The molecule has 2 fully saturated rings. The first kappa shape index (κ1) is 26.3. The number of carbonyl (C=O) groups excluding carboxylic acids is 3. The first-order chi connectivity index (χ1) is 18.0. The van der Waals surface area contributed by atoms with Gasteiger partial charge in [0.25, 0.3) is 0 Å². The van der Waals surface area contributed by atoms with Crippen LogP contribution >= 0.6 is 0 Å². The molecule has 1 aliphatic heterocycles. The minimum Gasteiger partial charge on any atom is -0.504 e. The minimum atomic E-state index is -1.23. The van der Waals surface area contributed by atoms with Crippen LogP contribution in [-0.2, 0) is 28.6 Å². The van der Waals surface area contributed by atoms with Crippen molar-refractivity contribution >= 4 is 23.2 Å². The molecule has 1 saturated heterocycles. The van der Waals surface area contributed by atoms with Crippen molar-refractivity contribution in [1.82, 2.24) is 0 Å². The van der Waals surface area contributed by atoms with Gasteiger partial charge in [0, 0.05) is 47.9 Å². The van der Waals surface area contributed by atoms with Gasteiger partial charge in [-0.3, -0.25) is 9.59 Å². The Morgan fingerprint density at radius 2 is 1.92 bits per heavy atom. The number of ketones is 2. The molecule has 1 heterocycles. The summed E-state index contributed by atoms with van der Waals surface area (Å²) in [5.74, 6) is -2.30. The summed E-state index contributed by atoms with van der Waals surface area (Å²) in [4.78, 5) is 40.3. The molecule has 1 aromatic carbocycles. The van der Waals surface area contributed by atoms with E-state index in [0.717, 1.165) is 0 Å². The van der Waals surface area contributed by atoms with Crippen LogP contribution in [-0.4, -0.2) is 60.0 Å².